The fourth-order valence-corrected chi connectivity index (χ4v) is 5.04. The Hall–Kier alpha value is -3.31. The fraction of sp³-hybridized carbons (Fsp3) is 0.179. The van der Waals surface area contributed by atoms with E-state index in [0.29, 0.717) is 24.7 Å². The second-order valence-electron chi connectivity index (χ2n) is 8.24. The van der Waals surface area contributed by atoms with Crippen molar-refractivity contribution in [2.75, 3.05) is 18.5 Å². The summed E-state index contributed by atoms with van der Waals surface area (Å²) in [6.45, 7) is 4.56. The summed E-state index contributed by atoms with van der Waals surface area (Å²) in [5.41, 5.74) is 3.58. The van der Waals surface area contributed by atoms with Crippen molar-refractivity contribution in [3.63, 3.8) is 0 Å². The molecule has 0 aromatic heterocycles. The second kappa shape index (κ2) is 12.3. The summed E-state index contributed by atoms with van der Waals surface area (Å²) in [4.78, 5) is 39.0. The lowest BCUT2D eigenvalue weighted by Gasteiger charge is -2.13. The molecule has 1 N–H and O–H groups in total. The number of aryl methyl sites for hydroxylation is 1. The molecule has 0 spiro atoms. The third-order valence-electron chi connectivity index (χ3n) is 5.39. The summed E-state index contributed by atoms with van der Waals surface area (Å²) >= 11 is 3.00. The summed E-state index contributed by atoms with van der Waals surface area (Å²) in [5.74, 6) is 0.471. The highest BCUT2D eigenvalue weighted by atomic mass is 127. The number of hydrogen-bond donors (Lipinski definition) is 1. The van der Waals surface area contributed by atoms with E-state index in [9.17, 15) is 14.4 Å². The molecule has 37 heavy (non-hydrogen) atoms. The number of anilines is 1. The molecule has 7 nitrogen and oxygen atoms in total. The Balaban J connectivity index is 1.36. The van der Waals surface area contributed by atoms with Crippen molar-refractivity contribution in [1.82, 2.24) is 4.90 Å². The van der Waals surface area contributed by atoms with E-state index in [1.165, 1.54) is 5.56 Å². The number of ether oxygens (including phenoxy) is 2. The van der Waals surface area contributed by atoms with Crippen molar-refractivity contribution in [3.05, 3.63) is 91.9 Å². The number of thioether (sulfide) groups is 1. The molecule has 1 fully saturated rings. The number of hydrogen-bond acceptors (Lipinski definition) is 6. The minimum atomic E-state index is -0.494. The standard InChI is InChI=1S/C28H25IN2O5S/c1-3-35-22-11-9-21(10-12-22)30-26(32)16-31-27(33)25(37-28(31)34)15-20-8-13-24(23(29)14-20)36-17-19-6-4-18(2)5-7-19/h4-15H,3,16-17H2,1-2H3,(H,30,32)/b25-15+. The van der Waals surface area contributed by atoms with Gasteiger partial charge < -0.3 is 14.8 Å². The Kier molecular flexibility index (Phi) is 8.88. The van der Waals surface area contributed by atoms with Gasteiger partial charge in [-0.15, -0.1) is 0 Å². The summed E-state index contributed by atoms with van der Waals surface area (Å²) < 4.78 is 12.2. The first-order valence-electron chi connectivity index (χ1n) is 11.6. The average molecular weight is 628 g/mol. The summed E-state index contributed by atoms with van der Waals surface area (Å²) in [6, 6.07) is 20.6. The van der Waals surface area contributed by atoms with Gasteiger partial charge in [0.1, 0.15) is 24.7 Å². The maximum atomic E-state index is 12.9. The van der Waals surface area contributed by atoms with Crippen LogP contribution < -0.4 is 14.8 Å². The molecule has 0 unspecified atom stereocenters. The van der Waals surface area contributed by atoms with Gasteiger partial charge in [-0.1, -0.05) is 35.9 Å². The molecule has 0 atom stereocenters. The van der Waals surface area contributed by atoms with Crippen molar-refractivity contribution in [3.8, 4) is 11.5 Å². The lowest BCUT2D eigenvalue weighted by atomic mass is 10.1. The van der Waals surface area contributed by atoms with Crippen LogP contribution in [0.4, 0.5) is 10.5 Å². The molecule has 1 heterocycles. The quantitative estimate of drug-likeness (QED) is 0.223. The first-order chi connectivity index (χ1) is 17.8. The lowest BCUT2D eigenvalue weighted by Crippen LogP contribution is -2.36. The van der Waals surface area contributed by atoms with E-state index in [1.807, 2.05) is 56.3 Å². The van der Waals surface area contributed by atoms with E-state index in [2.05, 4.69) is 27.9 Å². The maximum Gasteiger partial charge on any atom is 0.294 e. The second-order valence-corrected chi connectivity index (χ2v) is 10.4. The van der Waals surface area contributed by atoms with Crippen molar-refractivity contribution in [2.24, 2.45) is 0 Å². The van der Waals surface area contributed by atoms with Gasteiger partial charge in [0, 0.05) is 5.69 Å². The largest absolute Gasteiger partial charge is 0.494 e. The van der Waals surface area contributed by atoms with Gasteiger partial charge in [0.2, 0.25) is 5.91 Å². The summed E-state index contributed by atoms with van der Waals surface area (Å²) in [7, 11) is 0. The van der Waals surface area contributed by atoms with E-state index in [-0.39, 0.29) is 11.4 Å². The Morgan fingerprint density at radius 3 is 2.43 bits per heavy atom. The van der Waals surface area contributed by atoms with Crippen LogP contribution in [0.5, 0.6) is 11.5 Å². The molecule has 9 heteroatoms. The van der Waals surface area contributed by atoms with Crippen LogP contribution in [0.2, 0.25) is 0 Å². The Bertz CT molecular complexity index is 1340. The first kappa shape index (κ1) is 26.7. The number of halogens is 1. The number of nitrogens with one attached hydrogen (secondary N) is 1. The Labute approximate surface area is 233 Å². The number of imide groups is 1. The van der Waals surface area contributed by atoms with Crippen molar-refractivity contribution >= 4 is 63.2 Å². The Morgan fingerprint density at radius 1 is 1.03 bits per heavy atom. The topological polar surface area (TPSA) is 84.9 Å². The zero-order valence-electron chi connectivity index (χ0n) is 20.3. The fourth-order valence-electron chi connectivity index (χ4n) is 3.50. The third-order valence-corrected chi connectivity index (χ3v) is 7.14. The first-order valence-corrected chi connectivity index (χ1v) is 13.5. The Morgan fingerprint density at radius 2 is 1.76 bits per heavy atom. The minimum absolute atomic E-state index is 0.267. The van der Waals surface area contributed by atoms with Crippen LogP contribution in [-0.4, -0.2) is 35.1 Å². The molecule has 3 aromatic rings. The highest BCUT2D eigenvalue weighted by Gasteiger charge is 2.36. The van der Waals surface area contributed by atoms with Crippen LogP contribution in [0.25, 0.3) is 6.08 Å². The molecule has 1 aliphatic rings. The summed E-state index contributed by atoms with van der Waals surface area (Å²) in [6.07, 6.45) is 1.65. The molecule has 0 saturated carbocycles. The zero-order valence-corrected chi connectivity index (χ0v) is 23.3. The van der Waals surface area contributed by atoms with E-state index in [0.717, 1.165) is 37.1 Å². The van der Waals surface area contributed by atoms with Gasteiger partial charge in [0.25, 0.3) is 11.1 Å². The SMILES string of the molecule is CCOc1ccc(NC(=O)CN2C(=O)S/C(=C/c3ccc(OCc4ccc(C)cc4)c(I)c3)C2=O)cc1. The van der Waals surface area contributed by atoms with E-state index >= 15 is 0 Å². The van der Waals surface area contributed by atoms with Gasteiger partial charge in [-0.25, -0.2) is 0 Å². The number of amides is 3. The number of benzene rings is 3. The zero-order chi connectivity index (χ0) is 26.4. The van der Waals surface area contributed by atoms with Gasteiger partial charge in [0.05, 0.1) is 15.1 Å². The monoisotopic (exact) mass is 628 g/mol. The van der Waals surface area contributed by atoms with Crippen LogP contribution in [0, 0.1) is 10.5 Å². The van der Waals surface area contributed by atoms with Gasteiger partial charge in [-0.3, -0.25) is 19.3 Å². The molecule has 3 amide bonds. The van der Waals surface area contributed by atoms with Crippen molar-refractivity contribution < 1.29 is 23.9 Å². The molecular weight excluding hydrogens is 603 g/mol. The molecule has 1 saturated heterocycles. The minimum Gasteiger partial charge on any atom is -0.494 e. The van der Waals surface area contributed by atoms with E-state index < -0.39 is 17.1 Å². The van der Waals surface area contributed by atoms with Crippen LogP contribution in [0.15, 0.2) is 71.6 Å². The van der Waals surface area contributed by atoms with E-state index in [1.54, 1.807) is 30.3 Å². The van der Waals surface area contributed by atoms with E-state index in [4.69, 9.17) is 9.47 Å². The predicted octanol–water partition coefficient (Wildman–Crippen LogP) is 6.25. The molecule has 1 aliphatic heterocycles. The molecular formula is C28H25IN2O5S. The molecule has 190 valence electrons. The van der Waals surface area contributed by atoms with Crippen molar-refractivity contribution in [2.45, 2.75) is 20.5 Å². The maximum absolute atomic E-state index is 12.9. The average Bonchev–Trinajstić information content (AvgIpc) is 3.13. The highest BCUT2D eigenvalue weighted by molar-refractivity contribution is 14.1. The summed E-state index contributed by atoms with van der Waals surface area (Å²) in [5, 5.41) is 2.22. The number of rotatable bonds is 9. The van der Waals surface area contributed by atoms with Crippen LogP contribution in [0.3, 0.4) is 0 Å². The molecule has 3 aromatic carbocycles. The molecule has 0 aliphatic carbocycles. The van der Waals surface area contributed by atoms with Gasteiger partial charge in [-0.05, 0) is 102 Å². The van der Waals surface area contributed by atoms with Gasteiger partial charge in [-0.2, -0.15) is 0 Å². The molecule has 0 bridgehead atoms. The number of nitrogens with zero attached hydrogens (tertiary/aromatic N) is 1. The third kappa shape index (κ3) is 7.14. The van der Waals surface area contributed by atoms with Crippen molar-refractivity contribution in [1.29, 1.82) is 0 Å². The predicted molar refractivity (Wildman–Crippen MR) is 154 cm³/mol. The highest BCUT2D eigenvalue weighted by Crippen LogP contribution is 2.33. The number of carbonyl (C=O) groups excluding carboxylic acids is 3. The smallest absolute Gasteiger partial charge is 0.294 e. The molecule has 4 rings (SSSR count). The normalized spacial score (nSPS) is 14.2. The van der Waals surface area contributed by atoms with Crippen LogP contribution in [-0.2, 0) is 16.2 Å². The van der Waals surface area contributed by atoms with Crippen LogP contribution >= 0.6 is 34.4 Å². The van der Waals surface area contributed by atoms with Crippen LogP contribution in [0.1, 0.15) is 23.6 Å². The number of carbonyl (C=O) groups is 3. The molecule has 0 radical (unpaired) electrons. The van der Waals surface area contributed by atoms with Gasteiger partial charge in [0.15, 0.2) is 0 Å². The van der Waals surface area contributed by atoms with Gasteiger partial charge >= 0.3 is 0 Å². The lowest BCUT2D eigenvalue weighted by molar-refractivity contribution is -0.127.